The van der Waals surface area contributed by atoms with Gasteiger partial charge in [0.2, 0.25) is 5.91 Å². The highest BCUT2D eigenvalue weighted by Gasteiger charge is 2.20. The third kappa shape index (κ3) is 2.67. The molecule has 0 aliphatic heterocycles. The molecule has 1 amide bonds. The molecule has 1 aromatic rings. The Morgan fingerprint density at radius 1 is 1.28 bits per heavy atom. The molecule has 18 heavy (non-hydrogen) atoms. The number of benzene rings is 1. The van der Waals surface area contributed by atoms with Gasteiger partial charge in [-0.15, -0.1) is 0 Å². The summed E-state index contributed by atoms with van der Waals surface area (Å²) in [6.07, 6.45) is 0.379. The number of halogens is 1. The van der Waals surface area contributed by atoms with Crippen molar-refractivity contribution >= 4 is 21.8 Å². The van der Waals surface area contributed by atoms with Crippen LogP contribution < -0.4 is 16.2 Å². The average molecular weight is 315 g/mol. The Morgan fingerprint density at radius 3 is 2.28 bits per heavy atom. The minimum absolute atomic E-state index is 0.379. The van der Waals surface area contributed by atoms with Crippen molar-refractivity contribution in [1.82, 2.24) is 0 Å². The van der Waals surface area contributed by atoms with Crippen molar-refractivity contribution in [3.8, 4) is 5.75 Å². The van der Waals surface area contributed by atoms with Gasteiger partial charge in [0.05, 0.1) is 13.2 Å². The Balaban J connectivity index is 3.38. The van der Waals surface area contributed by atoms with Crippen molar-refractivity contribution in [1.29, 1.82) is 0 Å². The van der Waals surface area contributed by atoms with Crippen LogP contribution in [0.1, 0.15) is 22.3 Å². The Hall–Kier alpha value is -1.07. The maximum absolute atomic E-state index is 11.1. The Bertz CT molecular complexity index is 487. The van der Waals surface area contributed by atoms with E-state index in [1.165, 1.54) is 0 Å². The minimum atomic E-state index is -0.702. The summed E-state index contributed by atoms with van der Waals surface area (Å²) in [5.74, 6) is 0.274. The van der Waals surface area contributed by atoms with Crippen LogP contribution in [0.2, 0.25) is 0 Å². The molecular formula is C13H19BrN2O2. The fourth-order valence-corrected chi connectivity index (χ4v) is 2.52. The van der Waals surface area contributed by atoms with Crippen molar-refractivity contribution in [2.75, 3.05) is 7.11 Å². The van der Waals surface area contributed by atoms with E-state index in [2.05, 4.69) is 15.9 Å². The second-order valence-corrected chi connectivity index (χ2v) is 5.21. The summed E-state index contributed by atoms with van der Waals surface area (Å²) in [6.45, 7) is 5.98. The first-order valence-corrected chi connectivity index (χ1v) is 6.47. The lowest BCUT2D eigenvalue weighted by Gasteiger charge is -2.20. The quantitative estimate of drug-likeness (QED) is 0.888. The number of carbonyl (C=O) groups excluding carboxylic acids is 1. The van der Waals surface area contributed by atoms with Crippen LogP contribution in [0, 0.1) is 20.8 Å². The van der Waals surface area contributed by atoms with Crippen LogP contribution in [0.15, 0.2) is 4.47 Å². The number of nitrogens with two attached hydrogens (primary N) is 2. The van der Waals surface area contributed by atoms with Crippen molar-refractivity contribution < 1.29 is 9.53 Å². The highest BCUT2D eigenvalue weighted by molar-refractivity contribution is 9.10. The molecular weight excluding hydrogens is 296 g/mol. The van der Waals surface area contributed by atoms with Gasteiger partial charge >= 0.3 is 0 Å². The van der Waals surface area contributed by atoms with Crippen LogP contribution in [-0.2, 0) is 11.2 Å². The smallest absolute Gasteiger partial charge is 0.234 e. The molecule has 100 valence electrons. The number of ether oxygens (including phenoxy) is 1. The second-order valence-electron chi connectivity index (χ2n) is 4.41. The number of hydrogen-bond acceptors (Lipinski definition) is 3. The molecule has 0 aliphatic rings. The summed E-state index contributed by atoms with van der Waals surface area (Å²) in [5.41, 5.74) is 15.1. The largest absolute Gasteiger partial charge is 0.496 e. The predicted octanol–water partition coefficient (Wildman–Crippen LogP) is 1.74. The number of primary amides is 1. The molecule has 0 aromatic heterocycles. The van der Waals surface area contributed by atoms with Gasteiger partial charge in [0, 0.05) is 16.5 Å². The molecule has 5 heteroatoms. The van der Waals surface area contributed by atoms with Crippen LogP contribution in [0.3, 0.4) is 0 Å². The first kappa shape index (κ1) is 15.0. The zero-order valence-corrected chi connectivity index (χ0v) is 12.7. The second kappa shape index (κ2) is 5.71. The maximum atomic E-state index is 11.1. The number of methoxy groups -OCH3 is 1. The molecule has 1 unspecified atom stereocenters. The number of amides is 1. The molecule has 0 saturated heterocycles. The lowest BCUT2D eigenvalue weighted by atomic mass is 9.94. The van der Waals surface area contributed by atoms with E-state index in [0.717, 1.165) is 32.5 Å². The van der Waals surface area contributed by atoms with Gasteiger partial charge in [0.15, 0.2) is 0 Å². The molecule has 0 aliphatic carbocycles. The van der Waals surface area contributed by atoms with Crippen LogP contribution in [0.25, 0.3) is 0 Å². The van der Waals surface area contributed by atoms with E-state index >= 15 is 0 Å². The van der Waals surface area contributed by atoms with E-state index in [0.29, 0.717) is 6.42 Å². The molecule has 0 bridgehead atoms. The van der Waals surface area contributed by atoms with Gasteiger partial charge in [-0.05, 0) is 37.5 Å². The molecule has 0 saturated carbocycles. The molecule has 0 spiro atoms. The van der Waals surface area contributed by atoms with E-state index in [-0.39, 0.29) is 0 Å². The standard InChI is InChI=1S/C13H19BrN2O2/c1-6-7(2)12(18-4)9(8(3)11(6)14)5-10(15)13(16)17/h10H,5,15H2,1-4H3,(H2,16,17). The summed E-state index contributed by atoms with van der Waals surface area (Å²) in [7, 11) is 1.62. The van der Waals surface area contributed by atoms with Crippen LogP contribution >= 0.6 is 15.9 Å². The third-order valence-corrected chi connectivity index (χ3v) is 4.47. The minimum Gasteiger partial charge on any atom is -0.496 e. The topological polar surface area (TPSA) is 78.3 Å². The Kier molecular flexibility index (Phi) is 4.76. The van der Waals surface area contributed by atoms with Crippen molar-refractivity contribution in [2.24, 2.45) is 11.5 Å². The summed E-state index contributed by atoms with van der Waals surface area (Å²) >= 11 is 3.56. The van der Waals surface area contributed by atoms with E-state index in [9.17, 15) is 4.79 Å². The molecule has 4 N–H and O–H groups in total. The molecule has 1 rings (SSSR count). The van der Waals surface area contributed by atoms with Gasteiger partial charge in [0.1, 0.15) is 5.75 Å². The molecule has 1 atom stereocenters. The lowest BCUT2D eigenvalue weighted by Crippen LogP contribution is -2.38. The monoisotopic (exact) mass is 314 g/mol. The third-order valence-electron chi connectivity index (χ3n) is 3.28. The van der Waals surface area contributed by atoms with E-state index in [1.54, 1.807) is 7.11 Å². The predicted molar refractivity (Wildman–Crippen MR) is 75.8 cm³/mol. The van der Waals surface area contributed by atoms with Crippen molar-refractivity contribution in [3.05, 3.63) is 26.7 Å². The van der Waals surface area contributed by atoms with Crippen LogP contribution in [0.4, 0.5) is 0 Å². The van der Waals surface area contributed by atoms with Crippen molar-refractivity contribution in [3.63, 3.8) is 0 Å². The number of carbonyl (C=O) groups is 1. The number of rotatable bonds is 4. The molecule has 0 fully saturated rings. The molecule has 0 heterocycles. The number of hydrogen-bond donors (Lipinski definition) is 2. The van der Waals surface area contributed by atoms with Gasteiger partial charge in [-0.3, -0.25) is 4.79 Å². The van der Waals surface area contributed by atoms with E-state index < -0.39 is 11.9 Å². The molecule has 4 nitrogen and oxygen atoms in total. The molecule has 0 radical (unpaired) electrons. The summed E-state index contributed by atoms with van der Waals surface area (Å²) in [4.78, 5) is 11.1. The summed E-state index contributed by atoms with van der Waals surface area (Å²) < 4.78 is 6.47. The fraction of sp³-hybridized carbons (Fsp3) is 0.462. The summed E-state index contributed by atoms with van der Waals surface area (Å²) in [6, 6.07) is -0.702. The van der Waals surface area contributed by atoms with Gasteiger partial charge in [0.25, 0.3) is 0 Å². The van der Waals surface area contributed by atoms with Crippen molar-refractivity contribution in [2.45, 2.75) is 33.2 Å². The SMILES string of the molecule is COc1c(C)c(C)c(Br)c(C)c1CC(N)C(N)=O. The molecule has 1 aromatic carbocycles. The van der Waals surface area contributed by atoms with E-state index in [1.807, 2.05) is 20.8 Å². The lowest BCUT2D eigenvalue weighted by molar-refractivity contribution is -0.119. The average Bonchev–Trinajstić information content (AvgIpc) is 2.33. The Morgan fingerprint density at radius 2 is 1.83 bits per heavy atom. The van der Waals surface area contributed by atoms with E-state index in [4.69, 9.17) is 16.2 Å². The zero-order chi connectivity index (χ0) is 14.0. The van der Waals surface area contributed by atoms with Crippen LogP contribution in [0.5, 0.6) is 5.75 Å². The zero-order valence-electron chi connectivity index (χ0n) is 11.1. The first-order valence-electron chi connectivity index (χ1n) is 5.68. The van der Waals surface area contributed by atoms with Crippen LogP contribution in [-0.4, -0.2) is 19.1 Å². The highest BCUT2D eigenvalue weighted by atomic mass is 79.9. The van der Waals surface area contributed by atoms with Gasteiger partial charge < -0.3 is 16.2 Å². The normalized spacial score (nSPS) is 12.3. The van der Waals surface area contributed by atoms with Gasteiger partial charge in [-0.25, -0.2) is 0 Å². The maximum Gasteiger partial charge on any atom is 0.234 e. The van der Waals surface area contributed by atoms with Gasteiger partial charge in [-0.1, -0.05) is 15.9 Å². The Labute approximate surface area is 116 Å². The fourth-order valence-electron chi connectivity index (χ4n) is 1.99. The summed E-state index contributed by atoms with van der Waals surface area (Å²) in [5, 5.41) is 0. The highest BCUT2D eigenvalue weighted by Crippen LogP contribution is 2.36. The van der Waals surface area contributed by atoms with Gasteiger partial charge in [-0.2, -0.15) is 0 Å². The first-order chi connectivity index (χ1) is 8.31.